The van der Waals surface area contributed by atoms with Crippen LogP contribution in [0.1, 0.15) is 47.8 Å². The molecule has 5 rings (SSSR count). The van der Waals surface area contributed by atoms with Gasteiger partial charge in [-0.1, -0.05) is 24.3 Å². The predicted octanol–water partition coefficient (Wildman–Crippen LogP) is 3.03. The summed E-state index contributed by atoms with van der Waals surface area (Å²) in [6.07, 6.45) is 7.12. The number of carbonyl (C=O) groups excluding carboxylic acids is 1. The van der Waals surface area contributed by atoms with E-state index in [-0.39, 0.29) is 23.4 Å². The number of hydrogen-bond donors (Lipinski definition) is 2. The van der Waals surface area contributed by atoms with Gasteiger partial charge in [-0.15, -0.1) is 0 Å². The van der Waals surface area contributed by atoms with Gasteiger partial charge in [-0.3, -0.25) is 9.59 Å². The first-order valence-corrected chi connectivity index (χ1v) is 9.90. The number of imidazole rings is 1. The van der Waals surface area contributed by atoms with Crippen molar-refractivity contribution >= 4 is 22.2 Å². The third-order valence-corrected chi connectivity index (χ3v) is 5.83. The number of pyridine rings is 1. The van der Waals surface area contributed by atoms with Crippen molar-refractivity contribution in [2.24, 2.45) is 0 Å². The van der Waals surface area contributed by atoms with Crippen molar-refractivity contribution in [2.45, 2.75) is 37.6 Å². The van der Waals surface area contributed by atoms with Crippen molar-refractivity contribution in [1.29, 1.82) is 0 Å². The maximum atomic E-state index is 12.7. The highest BCUT2D eigenvalue weighted by atomic mass is 16.2. The lowest BCUT2D eigenvalue weighted by Crippen LogP contribution is -2.37. The fourth-order valence-corrected chi connectivity index (χ4v) is 4.33. The van der Waals surface area contributed by atoms with Crippen molar-refractivity contribution in [1.82, 2.24) is 24.9 Å². The van der Waals surface area contributed by atoms with Crippen LogP contribution in [0.4, 0.5) is 0 Å². The van der Waals surface area contributed by atoms with Gasteiger partial charge in [0, 0.05) is 23.5 Å². The van der Waals surface area contributed by atoms with Crippen molar-refractivity contribution < 1.29 is 4.79 Å². The zero-order chi connectivity index (χ0) is 19.8. The minimum absolute atomic E-state index is 0.119. The van der Waals surface area contributed by atoms with Gasteiger partial charge < -0.3 is 9.72 Å². The molecule has 1 amide bonds. The standard InChI is InChI=1S/C22H21N5O2/c28-21-17-6-2-1-5-16(17)19(25-26-21)14-8-10-15(11-9-14)24-22(29)20-18-7-3-4-12-27(18)13-23-20/h1-7,12-15H,8-11H2,(H,24,29)(H,26,28)/t14-,15-. The molecule has 1 aliphatic rings. The van der Waals surface area contributed by atoms with Crippen LogP contribution in [-0.4, -0.2) is 31.5 Å². The van der Waals surface area contributed by atoms with E-state index in [1.165, 1.54) is 0 Å². The largest absolute Gasteiger partial charge is 0.348 e. The highest BCUT2D eigenvalue weighted by Crippen LogP contribution is 2.34. The van der Waals surface area contributed by atoms with Crippen LogP contribution >= 0.6 is 0 Å². The highest BCUT2D eigenvalue weighted by molar-refractivity contribution is 5.99. The van der Waals surface area contributed by atoms with Gasteiger partial charge in [0.15, 0.2) is 5.69 Å². The lowest BCUT2D eigenvalue weighted by Gasteiger charge is -2.29. The van der Waals surface area contributed by atoms with Crippen molar-refractivity contribution in [3.63, 3.8) is 0 Å². The van der Waals surface area contributed by atoms with E-state index in [2.05, 4.69) is 20.5 Å². The van der Waals surface area contributed by atoms with Gasteiger partial charge in [0.2, 0.25) is 0 Å². The maximum Gasteiger partial charge on any atom is 0.272 e. The van der Waals surface area contributed by atoms with Crippen LogP contribution in [0.25, 0.3) is 16.3 Å². The molecule has 0 aliphatic heterocycles. The Kier molecular flexibility index (Phi) is 4.35. The van der Waals surface area contributed by atoms with Crippen molar-refractivity contribution in [3.05, 3.63) is 76.7 Å². The van der Waals surface area contributed by atoms with Gasteiger partial charge in [0.1, 0.15) is 6.33 Å². The van der Waals surface area contributed by atoms with Gasteiger partial charge in [-0.25, -0.2) is 10.1 Å². The minimum Gasteiger partial charge on any atom is -0.348 e. The zero-order valence-electron chi connectivity index (χ0n) is 15.8. The molecule has 146 valence electrons. The van der Waals surface area contributed by atoms with Gasteiger partial charge >= 0.3 is 0 Å². The average Bonchev–Trinajstić information content (AvgIpc) is 3.19. The zero-order valence-corrected chi connectivity index (χ0v) is 15.8. The molecule has 0 unspecified atom stereocenters. The average molecular weight is 387 g/mol. The number of fused-ring (bicyclic) bond motifs is 2. The number of benzene rings is 1. The van der Waals surface area contributed by atoms with Gasteiger partial charge in [0.25, 0.3) is 11.5 Å². The smallest absolute Gasteiger partial charge is 0.272 e. The molecule has 3 aromatic heterocycles. The molecule has 0 radical (unpaired) electrons. The SMILES string of the molecule is O=C(N[C@H]1CC[C@H](c2n[nH]c(=O)c3ccccc32)CC1)c1ncn2ccccc12. The third-order valence-electron chi connectivity index (χ3n) is 5.83. The molecule has 1 aliphatic carbocycles. The Balaban J connectivity index is 1.29. The molecule has 1 saturated carbocycles. The quantitative estimate of drug-likeness (QED) is 0.565. The predicted molar refractivity (Wildman–Crippen MR) is 110 cm³/mol. The summed E-state index contributed by atoms with van der Waals surface area (Å²) in [6.45, 7) is 0. The molecule has 7 nitrogen and oxygen atoms in total. The molecule has 7 heteroatoms. The normalized spacial score (nSPS) is 19.4. The van der Waals surface area contributed by atoms with Crippen LogP contribution in [0.5, 0.6) is 0 Å². The number of amides is 1. The number of aromatic amines is 1. The van der Waals surface area contributed by atoms with E-state index in [0.29, 0.717) is 11.1 Å². The summed E-state index contributed by atoms with van der Waals surface area (Å²) in [5.41, 5.74) is 2.06. The van der Waals surface area contributed by atoms with E-state index < -0.39 is 0 Å². The van der Waals surface area contributed by atoms with Crippen LogP contribution in [0.3, 0.4) is 0 Å². The molecule has 0 bridgehead atoms. The Labute approximate surface area is 166 Å². The minimum atomic E-state index is -0.155. The molecule has 0 atom stereocenters. The number of aromatic nitrogens is 4. The number of nitrogens with zero attached hydrogens (tertiary/aromatic N) is 3. The van der Waals surface area contributed by atoms with Gasteiger partial charge in [-0.2, -0.15) is 5.10 Å². The fraction of sp³-hybridized carbons (Fsp3) is 0.273. The first-order chi connectivity index (χ1) is 14.2. The summed E-state index contributed by atoms with van der Waals surface area (Å²) in [6, 6.07) is 13.4. The number of carbonyl (C=O) groups is 1. The summed E-state index contributed by atoms with van der Waals surface area (Å²) in [7, 11) is 0. The Bertz CT molecular complexity index is 1250. The number of rotatable bonds is 3. The first kappa shape index (κ1) is 17.6. The second-order valence-corrected chi connectivity index (χ2v) is 7.59. The van der Waals surface area contributed by atoms with Crippen molar-refractivity contribution in [3.8, 4) is 0 Å². The topological polar surface area (TPSA) is 92.1 Å². The van der Waals surface area contributed by atoms with Crippen molar-refractivity contribution in [2.75, 3.05) is 0 Å². The van der Waals surface area contributed by atoms with E-state index >= 15 is 0 Å². The second-order valence-electron chi connectivity index (χ2n) is 7.59. The molecule has 0 saturated heterocycles. The summed E-state index contributed by atoms with van der Waals surface area (Å²) >= 11 is 0. The fourth-order valence-electron chi connectivity index (χ4n) is 4.33. The molecule has 0 spiro atoms. The number of H-pyrrole nitrogens is 1. The molecule has 2 N–H and O–H groups in total. The second kappa shape index (κ2) is 7.16. The van der Waals surface area contributed by atoms with E-state index in [4.69, 9.17) is 0 Å². The Hall–Kier alpha value is -3.48. The molecule has 29 heavy (non-hydrogen) atoms. The van der Waals surface area contributed by atoms with Gasteiger partial charge in [-0.05, 0) is 43.9 Å². The first-order valence-electron chi connectivity index (χ1n) is 9.90. The highest BCUT2D eigenvalue weighted by Gasteiger charge is 2.27. The van der Waals surface area contributed by atoms with Crippen LogP contribution in [0.15, 0.2) is 59.8 Å². The molecule has 1 fully saturated rings. The van der Waals surface area contributed by atoms with E-state index in [0.717, 1.165) is 42.3 Å². The summed E-state index contributed by atoms with van der Waals surface area (Å²) in [5, 5.41) is 11.7. The molecule has 3 heterocycles. The van der Waals surface area contributed by atoms with E-state index in [1.54, 1.807) is 6.33 Å². The van der Waals surface area contributed by atoms with E-state index in [1.807, 2.05) is 53.1 Å². The molecule has 4 aromatic rings. The van der Waals surface area contributed by atoms with Crippen LogP contribution in [0.2, 0.25) is 0 Å². The number of hydrogen-bond acceptors (Lipinski definition) is 4. The van der Waals surface area contributed by atoms with Crippen LogP contribution < -0.4 is 10.9 Å². The Morgan fingerprint density at radius 3 is 2.62 bits per heavy atom. The molecular weight excluding hydrogens is 366 g/mol. The summed E-state index contributed by atoms with van der Waals surface area (Å²) in [5.74, 6) is 0.146. The summed E-state index contributed by atoms with van der Waals surface area (Å²) in [4.78, 5) is 29.0. The summed E-state index contributed by atoms with van der Waals surface area (Å²) < 4.78 is 1.85. The number of nitrogens with one attached hydrogen (secondary N) is 2. The third kappa shape index (κ3) is 3.18. The van der Waals surface area contributed by atoms with E-state index in [9.17, 15) is 9.59 Å². The maximum absolute atomic E-state index is 12.7. The lowest BCUT2D eigenvalue weighted by molar-refractivity contribution is 0.0923. The lowest BCUT2D eigenvalue weighted by atomic mass is 9.82. The molecular formula is C22H21N5O2. The van der Waals surface area contributed by atoms with Crippen LogP contribution in [-0.2, 0) is 0 Å². The van der Waals surface area contributed by atoms with Gasteiger partial charge in [0.05, 0.1) is 16.6 Å². The Morgan fingerprint density at radius 1 is 1.03 bits per heavy atom. The monoisotopic (exact) mass is 387 g/mol. The van der Waals surface area contributed by atoms with Crippen LogP contribution in [0, 0.1) is 0 Å². The Morgan fingerprint density at radius 2 is 1.79 bits per heavy atom. The molecule has 1 aromatic carbocycles.